The first kappa shape index (κ1) is 15.0. The van der Waals surface area contributed by atoms with Gasteiger partial charge in [-0.05, 0) is 24.6 Å². The zero-order valence-electron chi connectivity index (χ0n) is 13.0. The van der Waals surface area contributed by atoms with E-state index in [4.69, 9.17) is 4.42 Å². The Morgan fingerprint density at radius 1 is 1.30 bits per heavy atom. The van der Waals surface area contributed by atoms with Crippen molar-refractivity contribution in [2.24, 2.45) is 0 Å². The van der Waals surface area contributed by atoms with E-state index >= 15 is 0 Å². The van der Waals surface area contributed by atoms with Crippen molar-refractivity contribution in [3.63, 3.8) is 0 Å². The fraction of sp³-hybridized carbons (Fsp3) is 0.250. The van der Waals surface area contributed by atoms with E-state index in [9.17, 15) is 4.79 Å². The third-order valence-electron chi connectivity index (χ3n) is 3.42. The van der Waals surface area contributed by atoms with E-state index in [2.05, 4.69) is 20.4 Å². The summed E-state index contributed by atoms with van der Waals surface area (Å²) >= 11 is 0. The SMILES string of the molecule is CCc1nc(C)c(C(=O)NCc2ccc(-n3cncn3)cc2)o1. The number of aryl methyl sites for hydroxylation is 2. The van der Waals surface area contributed by atoms with Gasteiger partial charge in [-0.15, -0.1) is 0 Å². The monoisotopic (exact) mass is 311 g/mol. The van der Waals surface area contributed by atoms with Crippen LogP contribution in [0.3, 0.4) is 0 Å². The first-order valence-electron chi connectivity index (χ1n) is 7.36. The molecule has 0 aliphatic heterocycles. The molecule has 7 nitrogen and oxygen atoms in total. The molecule has 0 bridgehead atoms. The second-order valence-electron chi connectivity index (χ2n) is 5.06. The Bertz CT molecular complexity index is 791. The van der Waals surface area contributed by atoms with Crippen LogP contribution in [0, 0.1) is 6.92 Å². The first-order chi connectivity index (χ1) is 11.2. The summed E-state index contributed by atoms with van der Waals surface area (Å²) in [4.78, 5) is 20.3. The van der Waals surface area contributed by atoms with E-state index in [0.29, 0.717) is 24.6 Å². The highest BCUT2D eigenvalue weighted by atomic mass is 16.4. The van der Waals surface area contributed by atoms with Gasteiger partial charge in [0.15, 0.2) is 5.89 Å². The maximum atomic E-state index is 12.2. The number of benzene rings is 1. The lowest BCUT2D eigenvalue weighted by molar-refractivity contribution is 0.0920. The predicted octanol–water partition coefficient (Wildman–Crippen LogP) is 2.06. The van der Waals surface area contributed by atoms with Gasteiger partial charge in [0.05, 0.1) is 11.4 Å². The van der Waals surface area contributed by atoms with Crippen molar-refractivity contribution in [1.82, 2.24) is 25.1 Å². The van der Waals surface area contributed by atoms with Crippen molar-refractivity contribution in [3.05, 3.63) is 59.8 Å². The Morgan fingerprint density at radius 3 is 2.70 bits per heavy atom. The summed E-state index contributed by atoms with van der Waals surface area (Å²) in [6, 6.07) is 7.71. The van der Waals surface area contributed by atoms with Gasteiger partial charge in [-0.25, -0.2) is 14.6 Å². The lowest BCUT2D eigenvalue weighted by Gasteiger charge is -2.05. The molecule has 3 aromatic rings. The van der Waals surface area contributed by atoms with Gasteiger partial charge in [-0.3, -0.25) is 4.79 Å². The average Bonchev–Trinajstić information content (AvgIpc) is 3.22. The van der Waals surface area contributed by atoms with E-state index in [1.165, 1.54) is 6.33 Å². The smallest absolute Gasteiger partial charge is 0.289 e. The highest BCUT2D eigenvalue weighted by Gasteiger charge is 2.16. The van der Waals surface area contributed by atoms with Crippen molar-refractivity contribution in [1.29, 1.82) is 0 Å². The summed E-state index contributed by atoms with van der Waals surface area (Å²) in [5.41, 5.74) is 2.51. The summed E-state index contributed by atoms with van der Waals surface area (Å²) in [5, 5.41) is 6.91. The quantitative estimate of drug-likeness (QED) is 0.779. The molecule has 118 valence electrons. The Morgan fingerprint density at radius 2 is 2.09 bits per heavy atom. The zero-order chi connectivity index (χ0) is 16.2. The highest BCUT2D eigenvalue weighted by Crippen LogP contribution is 2.12. The second-order valence-corrected chi connectivity index (χ2v) is 5.06. The number of amides is 1. The molecule has 0 radical (unpaired) electrons. The molecule has 3 rings (SSSR count). The molecular weight excluding hydrogens is 294 g/mol. The molecule has 0 saturated heterocycles. The maximum Gasteiger partial charge on any atom is 0.289 e. The number of aromatic nitrogens is 4. The minimum absolute atomic E-state index is 0.255. The van der Waals surface area contributed by atoms with Crippen LogP contribution in [0.5, 0.6) is 0 Å². The fourth-order valence-corrected chi connectivity index (χ4v) is 2.18. The van der Waals surface area contributed by atoms with E-state index in [0.717, 1.165) is 11.3 Å². The van der Waals surface area contributed by atoms with Crippen LogP contribution in [-0.4, -0.2) is 25.7 Å². The number of rotatable bonds is 5. The molecule has 0 aliphatic carbocycles. The summed E-state index contributed by atoms with van der Waals surface area (Å²) < 4.78 is 7.11. The van der Waals surface area contributed by atoms with Crippen molar-refractivity contribution in [2.75, 3.05) is 0 Å². The van der Waals surface area contributed by atoms with Gasteiger partial charge in [-0.2, -0.15) is 5.10 Å². The molecule has 0 unspecified atom stereocenters. The topological polar surface area (TPSA) is 85.8 Å². The zero-order valence-corrected chi connectivity index (χ0v) is 13.0. The van der Waals surface area contributed by atoms with Gasteiger partial charge in [0.1, 0.15) is 12.7 Å². The fourth-order valence-electron chi connectivity index (χ4n) is 2.18. The predicted molar refractivity (Wildman–Crippen MR) is 83.1 cm³/mol. The van der Waals surface area contributed by atoms with Crippen LogP contribution in [0.4, 0.5) is 0 Å². The lowest BCUT2D eigenvalue weighted by atomic mass is 10.2. The van der Waals surface area contributed by atoms with Gasteiger partial charge < -0.3 is 9.73 Å². The summed E-state index contributed by atoms with van der Waals surface area (Å²) in [5.74, 6) is 0.598. The summed E-state index contributed by atoms with van der Waals surface area (Å²) in [7, 11) is 0. The molecule has 2 heterocycles. The number of nitrogens with zero attached hydrogens (tertiary/aromatic N) is 4. The molecule has 0 aliphatic rings. The van der Waals surface area contributed by atoms with Crippen molar-refractivity contribution in [2.45, 2.75) is 26.8 Å². The minimum Gasteiger partial charge on any atom is -0.435 e. The van der Waals surface area contributed by atoms with E-state index in [1.807, 2.05) is 31.2 Å². The highest BCUT2D eigenvalue weighted by molar-refractivity contribution is 5.92. The molecule has 1 amide bonds. The number of carbonyl (C=O) groups excluding carboxylic acids is 1. The summed E-state index contributed by atoms with van der Waals surface area (Å²) in [6.07, 6.45) is 3.78. The number of hydrogen-bond donors (Lipinski definition) is 1. The molecule has 0 saturated carbocycles. The van der Waals surface area contributed by atoms with Crippen LogP contribution < -0.4 is 5.32 Å². The molecule has 7 heteroatoms. The van der Waals surface area contributed by atoms with E-state index in [-0.39, 0.29) is 11.7 Å². The Hall–Kier alpha value is -2.96. The van der Waals surface area contributed by atoms with Crippen LogP contribution >= 0.6 is 0 Å². The van der Waals surface area contributed by atoms with Crippen LogP contribution in [0.1, 0.15) is 34.6 Å². The van der Waals surface area contributed by atoms with Crippen LogP contribution in [-0.2, 0) is 13.0 Å². The Labute approximate surface area is 133 Å². The second kappa shape index (κ2) is 6.43. The van der Waals surface area contributed by atoms with E-state index < -0.39 is 0 Å². The normalized spacial score (nSPS) is 10.7. The van der Waals surface area contributed by atoms with Crippen LogP contribution in [0.2, 0.25) is 0 Å². The maximum absolute atomic E-state index is 12.2. The van der Waals surface area contributed by atoms with Crippen LogP contribution in [0.15, 0.2) is 41.3 Å². The van der Waals surface area contributed by atoms with Crippen molar-refractivity contribution in [3.8, 4) is 5.69 Å². The number of carbonyl (C=O) groups is 1. The molecule has 0 spiro atoms. The van der Waals surface area contributed by atoms with Crippen LogP contribution in [0.25, 0.3) is 5.69 Å². The average molecular weight is 311 g/mol. The first-order valence-corrected chi connectivity index (χ1v) is 7.36. The molecule has 2 aromatic heterocycles. The Balaban J connectivity index is 1.63. The van der Waals surface area contributed by atoms with Gasteiger partial charge in [-0.1, -0.05) is 19.1 Å². The number of nitrogens with one attached hydrogen (secondary N) is 1. The van der Waals surface area contributed by atoms with Crippen molar-refractivity contribution >= 4 is 5.91 Å². The molecule has 0 atom stereocenters. The minimum atomic E-state index is -0.255. The Kier molecular flexibility index (Phi) is 4.18. The molecule has 23 heavy (non-hydrogen) atoms. The standard InChI is InChI=1S/C16H17N5O2/c1-3-14-20-11(2)15(23-14)16(22)18-8-12-4-6-13(7-5-12)21-10-17-9-19-21/h4-7,9-10H,3,8H2,1-2H3,(H,18,22). The third-order valence-corrected chi connectivity index (χ3v) is 3.42. The van der Waals surface area contributed by atoms with Gasteiger partial charge in [0.2, 0.25) is 5.76 Å². The summed E-state index contributed by atoms with van der Waals surface area (Å²) in [6.45, 7) is 4.12. The lowest BCUT2D eigenvalue weighted by Crippen LogP contribution is -2.23. The number of oxazole rings is 1. The van der Waals surface area contributed by atoms with Gasteiger partial charge >= 0.3 is 0 Å². The van der Waals surface area contributed by atoms with Gasteiger partial charge in [0, 0.05) is 13.0 Å². The van der Waals surface area contributed by atoms with E-state index in [1.54, 1.807) is 17.9 Å². The molecular formula is C16H17N5O2. The van der Waals surface area contributed by atoms with Crippen molar-refractivity contribution < 1.29 is 9.21 Å². The molecule has 1 N–H and O–H groups in total. The number of hydrogen-bond acceptors (Lipinski definition) is 5. The largest absolute Gasteiger partial charge is 0.435 e. The molecule has 1 aromatic carbocycles. The van der Waals surface area contributed by atoms with Gasteiger partial charge in [0.25, 0.3) is 5.91 Å². The molecule has 0 fully saturated rings. The third kappa shape index (κ3) is 3.28.